The van der Waals surface area contributed by atoms with Crippen LogP contribution in [0.1, 0.15) is 31.8 Å². The summed E-state index contributed by atoms with van der Waals surface area (Å²) in [4.78, 5) is 25.8. The minimum Gasteiger partial charge on any atom is -0.394 e. The van der Waals surface area contributed by atoms with Crippen molar-refractivity contribution in [3.8, 4) is 0 Å². The van der Waals surface area contributed by atoms with Crippen LogP contribution in [0.2, 0.25) is 0 Å². The molecule has 0 aliphatic heterocycles. The first-order valence-electron chi connectivity index (χ1n) is 10.6. The lowest BCUT2D eigenvalue weighted by Gasteiger charge is -2.19. The van der Waals surface area contributed by atoms with Crippen LogP contribution >= 0.6 is 0 Å². The van der Waals surface area contributed by atoms with Gasteiger partial charge in [0.15, 0.2) is 0 Å². The van der Waals surface area contributed by atoms with Crippen LogP contribution in [0, 0.1) is 0 Å². The number of aliphatic hydroxyl groups excluding tert-OH is 2. The molecule has 3 rings (SSSR count). The molecule has 0 aliphatic rings. The summed E-state index contributed by atoms with van der Waals surface area (Å²) in [5.41, 5.74) is 2.41. The highest BCUT2D eigenvalue weighted by Crippen LogP contribution is 2.12. The second-order valence-corrected chi connectivity index (χ2v) is 7.63. The van der Waals surface area contributed by atoms with E-state index in [-0.39, 0.29) is 24.3 Å². The minimum atomic E-state index is -0.482. The summed E-state index contributed by atoms with van der Waals surface area (Å²) in [6.45, 7) is -0.447. The summed E-state index contributed by atoms with van der Waals surface area (Å²) in [6, 6.07) is 24.7. The molecule has 0 fully saturated rings. The van der Waals surface area contributed by atoms with Crippen LogP contribution in [0.3, 0.4) is 0 Å². The van der Waals surface area contributed by atoms with Crippen LogP contribution in [-0.2, 0) is 12.8 Å². The number of benzene rings is 3. The first-order chi connectivity index (χ1) is 15.6. The summed E-state index contributed by atoms with van der Waals surface area (Å²) in [5.74, 6) is -0.872. The van der Waals surface area contributed by atoms with Crippen molar-refractivity contribution in [1.29, 1.82) is 0 Å². The predicted molar refractivity (Wildman–Crippen MR) is 123 cm³/mol. The zero-order valence-electron chi connectivity index (χ0n) is 17.8. The van der Waals surface area contributed by atoms with Crippen LogP contribution in [0.4, 0.5) is 0 Å². The standard InChI is InChI=1S/C26H28N2O4/c29-17-21(15-19-9-3-1-4-10-19)27-25(31)23-13-7-8-14-24(23)26(32)28-22(18-30)16-20-11-5-2-6-12-20/h1-14,21-22,29-30H,15-18H2,(H,27,31)(H,28,32)/t21-,22-/m1/s1. The molecule has 0 radical (unpaired) electrons. The molecule has 0 unspecified atom stereocenters. The molecule has 3 aromatic carbocycles. The van der Waals surface area contributed by atoms with E-state index in [9.17, 15) is 19.8 Å². The number of amides is 2. The number of aliphatic hydroxyl groups is 2. The van der Waals surface area contributed by atoms with E-state index < -0.39 is 23.9 Å². The fourth-order valence-corrected chi connectivity index (χ4v) is 3.53. The van der Waals surface area contributed by atoms with Gasteiger partial charge in [-0.1, -0.05) is 72.8 Å². The van der Waals surface area contributed by atoms with E-state index in [4.69, 9.17) is 0 Å². The molecule has 166 valence electrons. The van der Waals surface area contributed by atoms with Gasteiger partial charge in [0, 0.05) is 0 Å². The van der Waals surface area contributed by atoms with Gasteiger partial charge in [0.05, 0.1) is 36.4 Å². The maximum Gasteiger partial charge on any atom is 0.252 e. The molecular weight excluding hydrogens is 404 g/mol. The molecule has 6 heteroatoms. The van der Waals surface area contributed by atoms with Crippen molar-refractivity contribution in [3.63, 3.8) is 0 Å². The van der Waals surface area contributed by atoms with Crippen molar-refractivity contribution in [2.75, 3.05) is 13.2 Å². The maximum absolute atomic E-state index is 12.9. The summed E-state index contributed by atoms with van der Waals surface area (Å²) in [5, 5.41) is 25.1. The molecule has 0 spiro atoms. The Morgan fingerprint density at radius 2 is 0.938 bits per heavy atom. The van der Waals surface area contributed by atoms with Crippen LogP contribution < -0.4 is 10.6 Å². The Labute approximate surface area is 187 Å². The Bertz CT molecular complexity index is 926. The molecule has 2 atom stereocenters. The third kappa shape index (κ3) is 6.51. The number of hydrogen-bond donors (Lipinski definition) is 4. The second-order valence-electron chi connectivity index (χ2n) is 7.63. The zero-order valence-corrected chi connectivity index (χ0v) is 17.8. The topological polar surface area (TPSA) is 98.7 Å². The van der Waals surface area contributed by atoms with Gasteiger partial charge in [0.25, 0.3) is 11.8 Å². The minimum absolute atomic E-state index is 0.216. The van der Waals surface area contributed by atoms with Crippen molar-refractivity contribution in [2.24, 2.45) is 0 Å². The van der Waals surface area contributed by atoms with Gasteiger partial charge in [-0.3, -0.25) is 9.59 Å². The molecule has 32 heavy (non-hydrogen) atoms. The Hall–Kier alpha value is -3.48. The summed E-state index contributed by atoms with van der Waals surface area (Å²) >= 11 is 0. The summed E-state index contributed by atoms with van der Waals surface area (Å²) in [6.07, 6.45) is 0.947. The number of rotatable bonds is 10. The molecule has 0 heterocycles. The van der Waals surface area contributed by atoms with Crippen molar-refractivity contribution in [2.45, 2.75) is 24.9 Å². The van der Waals surface area contributed by atoms with Gasteiger partial charge in [0.2, 0.25) is 0 Å². The fraction of sp³-hybridized carbons (Fsp3) is 0.231. The molecule has 0 aliphatic carbocycles. The van der Waals surface area contributed by atoms with Gasteiger partial charge in [-0.05, 0) is 36.1 Å². The Morgan fingerprint density at radius 3 is 1.28 bits per heavy atom. The fourth-order valence-electron chi connectivity index (χ4n) is 3.53. The van der Waals surface area contributed by atoms with Gasteiger partial charge in [-0.2, -0.15) is 0 Å². The van der Waals surface area contributed by atoms with E-state index in [0.717, 1.165) is 11.1 Å². The van der Waals surface area contributed by atoms with Gasteiger partial charge in [0.1, 0.15) is 0 Å². The molecule has 4 N–H and O–H groups in total. The first kappa shape index (κ1) is 23.2. The lowest BCUT2D eigenvalue weighted by atomic mass is 10.0. The number of carbonyl (C=O) groups is 2. The van der Waals surface area contributed by atoms with Crippen LogP contribution in [0.25, 0.3) is 0 Å². The van der Waals surface area contributed by atoms with E-state index in [1.54, 1.807) is 24.3 Å². The normalized spacial score (nSPS) is 12.6. The summed E-state index contributed by atoms with van der Waals surface area (Å²) < 4.78 is 0. The van der Waals surface area contributed by atoms with Gasteiger partial charge in [-0.15, -0.1) is 0 Å². The number of nitrogens with one attached hydrogen (secondary N) is 2. The van der Waals surface area contributed by atoms with Gasteiger partial charge < -0.3 is 20.8 Å². The van der Waals surface area contributed by atoms with Crippen molar-refractivity contribution >= 4 is 11.8 Å². The average Bonchev–Trinajstić information content (AvgIpc) is 2.84. The van der Waals surface area contributed by atoms with Crippen LogP contribution in [-0.4, -0.2) is 47.3 Å². The largest absolute Gasteiger partial charge is 0.394 e. The van der Waals surface area contributed by atoms with Crippen LogP contribution in [0.15, 0.2) is 84.9 Å². The third-order valence-electron chi connectivity index (χ3n) is 5.18. The van der Waals surface area contributed by atoms with E-state index in [2.05, 4.69) is 10.6 Å². The second kappa shape index (κ2) is 11.8. The molecule has 2 amide bonds. The average molecular weight is 433 g/mol. The van der Waals surface area contributed by atoms with Gasteiger partial charge >= 0.3 is 0 Å². The van der Waals surface area contributed by atoms with Crippen LogP contribution in [0.5, 0.6) is 0 Å². The lowest BCUT2D eigenvalue weighted by molar-refractivity contribution is 0.0882. The van der Waals surface area contributed by atoms with Crippen molar-refractivity contribution in [1.82, 2.24) is 10.6 Å². The Kier molecular flexibility index (Phi) is 8.54. The number of hydrogen-bond acceptors (Lipinski definition) is 4. The van der Waals surface area contributed by atoms with E-state index in [1.165, 1.54) is 0 Å². The first-order valence-corrected chi connectivity index (χ1v) is 10.6. The molecule has 6 nitrogen and oxygen atoms in total. The highest BCUT2D eigenvalue weighted by atomic mass is 16.3. The molecule has 0 saturated heterocycles. The molecule has 3 aromatic rings. The van der Waals surface area contributed by atoms with Gasteiger partial charge in [-0.25, -0.2) is 0 Å². The van der Waals surface area contributed by atoms with E-state index in [1.807, 2.05) is 60.7 Å². The lowest BCUT2D eigenvalue weighted by Crippen LogP contribution is -2.42. The smallest absolute Gasteiger partial charge is 0.252 e. The quantitative estimate of drug-likeness (QED) is 0.395. The Balaban J connectivity index is 1.69. The molecular formula is C26H28N2O4. The molecule has 0 saturated carbocycles. The highest BCUT2D eigenvalue weighted by molar-refractivity contribution is 6.07. The molecule has 0 bridgehead atoms. The summed E-state index contributed by atoms with van der Waals surface area (Å²) in [7, 11) is 0. The van der Waals surface area contributed by atoms with E-state index >= 15 is 0 Å². The number of carbonyl (C=O) groups excluding carboxylic acids is 2. The van der Waals surface area contributed by atoms with Crippen molar-refractivity contribution < 1.29 is 19.8 Å². The maximum atomic E-state index is 12.9. The zero-order chi connectivity index (χ0) is 22.8. The van der Waals surface area contributed by atoms with E-state index in [0.29, 0.717) is 12.8 Å². The SMILES string of the molecule is O=C(N[C@@H](CO)Cc1ccccc1)c1ccccc1C(=O)N[C@@H](CO)Cc1ccccc1. The highest BCUT2D eigenvalue weighted by Gasteiger charge is 2.21. The predicted octanol–water partition coefficient (Wildman–Crippen LogP) is 2.35. The van der Waals surface area contributed by atoms with Crippen molar-refractivity contribution in [3.05, 3.63) is 107 Å². The molecule has 0 aromatic heterocycles. The third-order valence-corrected chi connectivity index (χ3v) is 5.18. The monoisotopic (exact) mass is 432 g/mol. The Morgan fingerprint density at radius 1 is 0.594 bits per heavy atom.